The Balaban J connectivity index is 1.63. The van der Waals surface area contributed by atoms with Crippen LogP contribution in [-0.2, 0) is 17.0 Å². The second-order valence-corrected chi connectivity index (χ2v) is 7.21. The molecular formula is C22H20F2N2O2S. The summed E-state index contributed by atoms with van der Waals surface area (Å²) in [5.74, 6) is 0.833. The Bertz CT molecular complexity index is 925. The maximum absolute atomic E-state index is 12.7. The zero-order chi connectivity index (χ0) is 20.5. The van der Waals surface area contributed by atoms with Crippen LogP contribution in [0.25, 0.3) is 0 Å². The van der Waals surface area contributed by atoms with Crippen LogP contribution in [0.15, 0.2) is 72.9 Å². The molecule has 0 spiro atoms. The molecule has 0 bridgehead atoms. The van der Waals surface area contributed by atoms with Crippen molar-refractivity contribution in [2.45, 2.75) is 18.8 Å². The monoisotopic (exact) mass is 414 g/mol. The van der Waals surface area contributed by atoms with Crippen LogP contribution >= 0.6 is 11.8 Å². The van der Waals surface area contributed by atoms with Gasteiger partial charge in [0.1, 0.15) is 5.75 Å². The lowest BCUT2D eigenvalue weighted by atomic mass is 10.0. The number of nitrogens with one attached hydrogen (secondary N) is 1. The minimum Gasteiger partial charge on any atom is -0.435 e. The molecule has 150 valence electrons. The van der Waals surface area contributed by atoms with Gasteiger partial charge in [-0.1, -0.05) is 36.4 Å². The first-order chi connectivity index (χ1) is 14.1. The summed E-state index contributed by atoms with van der Waals surface area (Å²) in [7, 11) is 0. The molecule has 0 atom stereocenters. The van der Waals surface area contributed by atoms with E-state index in [2.05, 4.69) is 15.0 Å². The molecule has 1 N–H and O–H groups in total. The van der Waals surface area contributed by atoms with Crippen LogP contribution in [-0.4, -0.2) is 23.3 Å². The second-order valence-electron chi connectivity index (χ2n) is 6.23. The van der Waals surface area contributed by atoms with Crippen molar-refractivity contribution >= 4 is 23.4 Å². The van der Waals surface area contributed by atoms with Gasteiger partial charge in [-0.2, -0.15) is 8.78 Å². The van der Waals surface area contributed by atoms with Crippen LogP contribution in [0.5, 0.6) is 5.75 Å². The average Bonchev–Trinajstić information content (AvgIpc) is 2.71. The van der Waals surface area contributed by atoms with Crippen molar-refractivity contribution < 1.29 is 18.3 Å². The molecule has 3 aromatic rings. The van der Waals surface area contributed by atoms with Crippen molar-refractivity contribution in [3.8, 4) is 5.75 Å². The number of aromatic nitrogens is 1. The van der Waals surface area contributed by atoms with Gasteiger partial charge in [0.05, 0.1) is 11.4 Å². The minimum atomic E-state index is -2.91. The van der Waals surface area contributed by atoms with Crippen LogP contribution < -0.4 is 10.1 Å². The fourth-order valence-corrected chi connectivity index (χ4v) is 3.49. The third-order valence-corrected chi connectivity index (χ3v) is 4.97. The van der Waals surface area contributed by atoms with Crippen LogP contribution in [0.1, 0.15) is 16.8 Å². The second kappa shape index (κ2) is 10.6. The summed E-state index contributed by atoms with van der Waals surface area (Å²) in [5, 5.41) is 2.81. The van der Waals surface area contributed by atoms with Crippen LogP contribution in [0.3, 0.4) is 0 Å². The van der Waals surface area contributed by atoms with Gasteiger partial charge in [0.15, 0.2) is 0 Å². The van der Waals surface area contributed by atoms with E-state index in [0.717, 1.165) is 11.3 Å². The van der Waals surface area contributed by atoms with Gasteiger partial charge in [-0.15, -0.1) is 11.8 Å². The number of alkyl halides is 2. The van der Waals surface area contributed by atoms with E-state index in [1.165, 1.54) is 17.8 Å². The fraction of sp³-hybridized carbons (Fsp3) is 0.182. The molecule has 2 aromatic carbocycles. The summed E-state index contributed by atoms with van der Waals surface area (Å²) < 4.78 is 30.1. The lowest BCUT2D eigenvalue weighted by Crippen LogP contribution is -2.15. The number of carbonyl (C=O) groups is 1. The number of benzene rings is 2. The third kappa shape index (κ3) is 6.87. The summed E-state index contributed by atoms with van der Waals surface area (Å²) >= 11 is 1.45. The molecule has 7 heteroatoms. The van der Waals surface area contributed by atoms with E-state index in [-0.39, 0.29) is 17.4 Å². The van der Waals surface area contributed by atoms with E-state index in [1.807, 2.05) is 48.5 Å². The quantitative estimate of drug-likeness (QED) is 0.526. The van der Waals surface area contributed by atoms with Gasteiger partial charge >= 0.3 is 6.61 Å². The Morgan fingerprint density at radius 1 is 1.07 bits per heavy atom. The molecular weight excluding hydrogens is 394 g/mol. The average molecular weight is 414 g/mol. The normalized spacial score (nSPS) is 10.7. The molecule has 1 amide bonds. The van der Waals surface area contributed by atoms with Crippen molar-refractivity contribution in [2.24, 2.45) is 0 Å². The maximum Gasteiger partial charge on any atom is 0.387 e. The fourth-order valence-electron chi connectivity index (χ4n) is 2.75. The number of carbonyl (C=O) groups excluding carboxylic acids is 1. The highest BCUT2D eigenvalue weighted by Gasteiger charge is 2.12. The lowest BCUT2D eigenvalue weighted by Gasteiger charge is -2.13. The third-order valence-electron chi connectivity index (χ3n) is 4.01. The number of ether oxygens (including phenoxy) is 1. The molecule has 0 saturated heterocycles. The number of nitrogens with zero attached hydrogens (tertiary/aromatic N) is 1. The van der Waals surface area contributed by atoms with E-state index in [4.69, 9.17) is 0 Å². The molecule has 0 saturated carbocycles. The maximum atomic E-state index is 12.7. The smallest absolute Gasteiger partial charge is 0.387 e. The number of pyridine rings is 1. The Kier molecular flexibility index (Phi) is 7.58. The number of amides is 1. The standard InChI is InChI=1S/C22H20F2N2O2S/c23-22(24)28-20-10-9-18(13-17(20)12-16-6-2-1-3-7-16)26-21(27)15-29-14-19-8-4-5-11-25-19/h1-11,13,22H,12,14-15H2,(H,26,27). The SMILES string of the molecule is O=C(CSCc1ccccn1)Nc1ccc(OC(F)F)c(Cc2ccccc2)c1. The molecule has 4 nitrogen and oxygen atoms in total. The summed E-state index contributed by atoms with van der Waals surface area (Å²) in [6, 6.07) is 19.8. The van der Waals surface area contributed by atoms with Gasteiger partial charge in [-0.05, 0) is 35.9 Å². The molecule has 29 heavy (non-hydrogen) atoms. The van der Waals surface area contributed by atoms with E-state index < -0.39 is 6.61 Å². The highest BCUT2D eigenvalue weighted by atomic mass is 32.2. The number of halogens is 2. The summed E-state index contributed by atoms with van der Waals surface area (Å²) in [5.41, 5.74) is 2.99. The number of rotatable bonds is 9. The van der Waals surface area contributed by atoms with E-state index in [1.54, 1.807) is 18.3 Å². The van der Waals surface area contributed by atoms with Crippen LogP contribution in [0.4, 0.5) is 14.5 Å². The Hall–Kier alpha value is -2.93. The molecule has 0 aliphatic rings. The molecule has 0 unspecified atom stereocenters. The van der Waals surface area contributed by atoms with Crippen molar-refractivity contribution in [3.63, 3.8) is 0 Å². The molecule has 0 fully saturated rings. The van der Waals surface area contributed by atoms with E-state index >= 15 is 0 Å². The van der Waals surface area contributed by atoms with E-state index in [9.17, 15) is 13.6 Å². The zero-order valence-electron chi connectivity index (χ0n) is 15.6. The van der Waals surface area contributed by atoms with Crippen molar-refractivity contribution in [1.82, 2.24) is 4.98 Å². The number of hydrogen-bond acceptors (Lipinski definition) is 4. The first kappa shape index (κ1) is 20.8. The first-order valence-corrected chi connectivity index (χ1v) is 10.1. The predicted molar refractivity (Wildman–Crippen MR) is 111 cm³/mol. The minimum absolute atomic E-state index is 0.103. The predicted octanol–water partition coefficient (Wildman–Crippen LogP) is 5.15. The molecule has 1 heterocycles. The lowest BCUT2D eigenvalue weighted by molar-refractivity contribution is -0.113. The zero-order valence-corrected chi connectivity index (χ0v) is 16.4. The summed E-state index contributed by atoms with van der Waals surface area (Å²) in [6.07, 6.45) is 2.13. The largest absolute Gasteiger partial charge is 0.435 e. The number of hydrogen-bond donors (Lipinski definition) is 1. The van der Waals surface area contributed by atoms with Gasteiger partial charge in [-0.3, -0.25) is 9.78 Å². The van der Waals surface area contributed by atoms with Gasteiger partial charge in [0, 0.05) is 29.6 Å². The summed E-state index contributed by atoms with van der Waals surface area (Å²) in [6.45, 7) is -2.91. The topological polar surface area (TPSA) is 51.2 Å². The number of anilines is 1. The number of thioether (sulfide) groups is 1. The molecule has 3 rings (SSSR count). The van der Waals surface area contributed by atoms with Crippen LogP contribution in [0.2, 0.25) is 0 Å². The molecule has 0 aliphatic heterocycles. The van der Waals surface area contributed by atoms with Crippen LogP contribution in [0, 0.1) is 0 Å². The first-order valence-electron chi connectivity index (χ1n) is 8.99. The Morgan fingerprint density at radius 2 is 1.86 bits per heavy atom. The highest BCUT2D eigenvalue weighted by molar-refractivity contribution is 7.99. The van der Waals surface area contributed by atoms with E-state index in [0.29, 0.717) is 23.4 Å². The highest BCUT2D eigenvalue weighted by Crippen LogP contribution is 2.27. The van der Waals surface area contributed by atoms with Gasteiger partial charge < -0.3 is 10.1 Å². The van der Waals surface area contributed by atoms with Gasteiger partial charge in [0.25, 0.3) is 0 Å². The van der Waals surface area contributed by atoms with Crippen molar-refractivity contribution in [1.29, 1.82) is 0 Å². The summed E-state index contributed by atoms with van der Waals surface area (Å²) in [4.78, 5) is 16.4. The Morgan fingerprint density at radius 3 is 2.59 bits per heavy atom. The van der Waals surface area contributed by atoms with Crippen molar-refractivity contribution in [3.05, 3.63) is 89.7 Å². The molecule has 0 aliphatic carbocycles. The molecule has 1 aromatic heterocycles. The van der Waals surface area contributed by atoms with Gasteiger partial charge in [-0.25, -0.2) is 0 Å². The Labute approximate surface area is 172 Å². The van der Waals surface area contributed by atoms with Gasteiger partial charge in [0.2, 0.25) is 5.91 Å². The van der Waals surface area contributed by atoms with Crippen molar-refractivity contribution in [2.75, 3.05) is 11.1 Å². The molecule has 0 radical (unpaired) electrons.